The molecule has 1 amide bonds. The summed E-state index contributed by atoms with van der Waals surface area (Å²) in [5.74, 6) is -0.0713. The highest BCUT2D eigenvalue weighted by atomic mass is 79.9. The molecule has 1 aliphatic rings. The van der Waals surface area contributed by atoms with Gasteiger partial charge >= 0.3 is 0 Å². The Bertz CT molecular complexity index is 1280. The van der Waals surface area contributed by atoms with Gasteiger partial charge in [0.2, 0.25) is 0 Å². The molecular weight excluding hydrogens is 486 g/mol. The van der Waals surface area contributed by atoms with Crippen LogP contribution in [0.2, 0.25) is 0 Å². The second-order valence-electron chi connectivity index (χ2n) is 7.83. The molecular formula is C24H22BrN5O3. The molecule has 8 nitrogen and oxygen atoms in total. The predicted octanol–water partition coefficient (Wildman–Crippen LogP) is 4.16. The Morgan fingerprint density at radius 1 is 1.09 bits per heavy atom. The molecule has 0 aliphatic carbocycles. The van der Waals surface area contributed by atoms with Crippen LogP contribution in [0, 0.1) is 0 Å². The van der Waals surface area contributed by atoms with Crippen LogP contribution in [0.25, 0.3) is 16.9 Å². The molecule has 1 saturated heterocycles. The van der Waals surface area contributed by atoms with Gasteiger partial charge in [-0.05, 0) is 54.4 Å². The number of hydrogen-bond donors (Lipinski definition) is 2. The van der Waals surface area contributed by atoms with E-state index in [1.165, 1.54) is 0 Å². The van der Waals surface area contributed by atoms with Gasteiger partial charge in [0.05, 0.1) is 29.6 Å². The van der Waals surface area contributed by atoms with Crippen molar-refractivity contribution in [2.24, 2.45) is 0 Å². The van der Waals surface area contributed by atoms with Gasteiger partial charge in [0, 0.05) is 28.3 Å². The molecule has 1 fully saturated rings. The van der Waals surface area contributed by atoms with E-state index in [-0.39, 0.29) is 12.5 Å². The number of furan rings is 1. The Morgan fingerprint density at radius 3 is 2.64 bits per heavy atom. The van der Waals surface area contributed by atoms with Crippen molar-refractivity contribution in [3.8, 4) is 16.9 Å². The Balaban J connectivity index is 1.47. The first kappa shape index (κ1) is 21.3. The summed E-state index contributed by atoms with van der Waals surface area (Å²) in [5, 5.41) is 4.79. The minimum absolute atomic E-state index is 0.0167. The van der Waals surface area contributed by atoms with Crippen LogP contribution in [0.15, 0.2) is 76.1 Å². The normalized spacial score (nSPS) is 16.0. The summed E-state index contributed by atoms with van der Waals surface area (Å²) in [4.78, 5) is 14.5. The third kappa shape index (κ3) is 4.24. The van der Waals surface area contributed by atoms with Crippen molar-refractivity contribution in [1.82, 2.24) is 14.7 Å². The highest BCUT2D eigenvalue weighted by Crippen LogP contribution is 2.35. The van der Waals surface area contributed by atoms with Crippen LogP contribution in [-0.4, -0.2) is 33.7 Å². The van der Waals surface area contributed by atoms with E-state index in [0.29, 0.717) is 30.0 Å². The second-order valence-corrected chi connectivity index (χ2v) is 8.75. The summed E-state index contributed by atoms with van der Waals surface area (Å²) in [6, 6.07) is 15.2. The van der Waals surface area contributed by atoms with E-state index < -0.39 is 6.23 Å². The number of carbonyl (C=O) groups is 1. The average Bonchev–Trinajstić information content (AvgIpc) is 3.55. The van der Waals surface area contributed by atoms with Crippen LogP contribution in [0.4, 0.5) is 11.4 Å². The van der Waals surface area contributed by atoms with Crippen molar-refractivity contribution in [1.29, 1.82) is 0 Å². The Labute approximate surface area is 198 Å². The summed E-state index contributed by atoms with van der Waals surface area (Å²) in [7, 11) is 0. The highest BCUT2D eigenvalue weighted by Gasteiger charge is 2.36. The lowest BCUT2D eigenvalue weighted by molar-refractivity contribution is -0.128. The maximum atomic E-state index is 12.7. The number of ether oxygens (including phenoxy) is 1. The molecule has 5 rings (SSSR count). The van der Waals surface area contributed by atoms with Crippen LogP contribution >= 0.6 is 15.9 Å². The third-order valence-corrected chi connectivity index (χ3v) is 6.18. The lowest BCUT2D eigenvalue weighted by Gasteiger charge is -2.23. The summed E-state index contributed by atoms with van der Waals surface area (Å²) < 4.78 is 14.0. The van der Waals surface area contributed by atoms with Crippen LogP contribution in [0.1, 0.15) is 17.4 Å². The molecule has 3 heterocycles. The number of nitrogens with two attached hydrogens (primary N) is 2. The highest BCUT2D eigenvalue weighted by molar-refractivity contribution is 9.10. The number of amides is 1. The van der Waals surface area contributed by atoms with Crippen molar-refractivity contribution in [2.75, 3.05) is 24.6 Å². The van der Waals surface area contributed by atoms with E-state index in [4.69, 9.17) is 25.7 Å². The number of nitrogens with zero attached hydrogens (tertiary/aromatic N) is 3. The van der Waals surface area contributed by atoms with Gasteiger partial charge in [-0.1, -0.05) is 22.0 Å². The van der Waals surface area contributed by atoms with Crippen molar-refractivity contribution >= 4 is 33.2 Å². The average molecular weight is 508 g/mol. The van der Waals surface area contributed by atoms with Crippen molar-refractivity contribution in [2.45, 2.75) is 12.6 Å². The number of aromatic nitrogens is 2. The number of carbonyl (C=O) groups excluding carboxylic acids is 1. The molecule has 168 valence electrons. The van der Waals surface area contributed by atoms with E-state index in [9.17, 15) is 4.79 Å². The monoisotopic (exact) mass is 507 g/mol. The number of hydrogen-bond acceptors (Lipinski definition) is 6. The van der Waals surface area contributed by atoms with Gasteiger partial charge in [-0.25, -0.2) is 4.68 Å². The number of anilines is 2. The lowest BCUT2D eigenvalue weighted by Crippen LogP contribution is -2.30. The number of rotatable bonds is 6. The van der Waals surface area contributed by atoms with Crippen molar-refractivity contribution in [3.63, 3.8) is 0 Å². The molecule has 1 atom stereocenters. The molecule has 0 unspecified atom stereocenters. The number of nitrogen functional groups attached to an aromatic ring is 2. The van der Waals surface area contributed by atoms with Gasteiger partial charge in [-0.2, -0.15) is 5.10 Å². The molecule has 0 saturated carbocycles. The minimum Gasteiger partial charge on any atom is -0.472 e. The van der Waals surface area contributed by atoms with Gasteiger partial charge in [0.15, 0.2) is 6.23 Å². The first-order valence-electron chi connectivity index (χ1n) is 10.4. The Hall–Kier alpha value is -3.56. The van der Waals surface area contributed by atoms with Gasteiger partial charge in [0.1, 0.15) is 12.3 Å². The molecule has 4 aromatic rings. The minimum atomic E-state index is -0.558. The van der Waals surface area contributed by atoms with Crippen molar-refractivity contribution in [3.05, 3.63) is 82.9 Å². The molecule has 0 bridgehead atoms. The van der Waals surface area contributed by atoms with Gasteiger partial charge in [-0.3, -0.25) is 4.79 Å². The lowest BCUT2D eigenvalue weighted by atomic mass is 10.1. The molecule has 1 aliphatic heterocycles. The third-order valence-electron chi connectivity index (χ3n) is 5.66. The fraction of sp³-hybridized carbons (Fsp3) is 0.167. The summed E-state index contributed by atoms with van der Waals surface area (Å²) >= 11 is 3.46. The molecule has 0 spiro atoms. The van der Waals surface area contributed by atoms with E-state index in [2.05, 4.69) is 15.9 Å². The van der Waals surface area contributed by atoms with Crippen LogP contribution in [0.3, 0.4) is 0 Å². The SMILES string of the molecule is Nc1ccc(CCN2C(=O)CO[C@H]2c2cn(-c3ccc(Br)cc3)nc2-c2ccoc2)cc1N. The van der Waals surface area contributed by atoms with Gasteiger partial charge in [-0.15, -0.1) is 0 Å². The van der Waals surface area contributed by atoms with E-state index in [1.807, 2.05) is 48.7 Å². The Morgan fingerprint density at radius 2 is 1.91 bits per heavy atom. The molecule has 2 aromatic carbocycles. The molecule has 33 heavy (non-hydrogen) atoms. The summed E-state index contributed by atoms with van der Waals surface area (Å²) in [6.45, 7) is 0.490. The standard InChI is InChI=1S/C24H22BrN5O3/c25-17-2-4-18(5-3-17)30-12-19(23(28-30)16-8-10-32-13-16)24-29(22(31)14-33-24)9-7-15-1-6-20(26)21(27)11-15/h1-6,8,10-13,24H,7,9,14,26-27H2/t24-/m0/s1. The Kier molecular flexibility index (Phi) is 5.65. The summed E-state index contributed by atoms with van der Waals surface area (Å²) in [6.07, 6.45) is 5.20. The number of benzene rings is 2. The second kappa shape index (κ2) is 8.76. The smallest absolute Gasteiger partial charge is 0.250 e. The van der Waals surface area contributed by atoms with Gasteiger partial charge < -0.3 is 25.5 Å². The molecule has 9 heteroatoms. The quantitative estimate of drug-likeness (QED) is 0.379. The molecule has 0 radical (unpaired) electrons. The topological polar surface area (TPSA) is 113 Å². The fourth-order valence-electron chi connectivity index (χ4n) is 3.90. The molecule has 2 aromatic heterocycles. The number of halogens is 1. The van der Waals surface area contributed by atoms with E-state index >= 15 is 0 Å². The zero-order chi connectivity index (χ0) is 22.9. The first-order chi connectivity index (χ1) is 16.0. The largest absolute Gasteiger partial charge is 0.472 e. The first-order valence-corrected chi connectivity index (χ1v) is 11.2. The van der Waals surface area contributed by atoms with E-state index in [1.54, 1.807) is 28.2 Å². The zero-order valence-corrected chi connectivity index (χ0v) is 19.2. The zero-order valence-electron chi connectivity index (χ0n) is 17.6. The van der Waals surface area contributed by atoms with Crippen molar-refractivity contribution < 1.29 is 13.9 Å². The van der Waals surface area contributed by atoms with Gasteiger partial charge in [0.25, 0.3) is 5.91 Å². The van der Waals surface area contributed by atoms with Crippen LogP contribution < -0.4 is 11.5 Å². The maximum absolute atomic E-state index is 12.7. The maximum Gasteiger partial charge on any atom is 0.250 e. The predicted molar refractivity (Wildman–Crippen MR) is 128 cm³/mol. The summed E-state index contributed by atoms with van der Waals surface area (Å²) in [5.41, 5.74) is 17.0. The van der Waals surface area contributed by atoms with Crippen LogP contribution in [0.5, 0.6) is 0 Å². The molecule has 4 N–H and O–H groups in total. The van der Waals surface area contributed by atoms with E-state index in [0.717, 1.165) is 26.9 Å². The fourth-order valence-corrected chi connectivity index (χ4v) is 4.16. The van der Waals surface area contributed by atoms with Crippen LogP contribution in [-0.2, 0) is 16.0 Å².